The van der Waals surface area contributed by atoms with Crippen LogP contribution in [0.4, 0.5) is 14.4 Å². The monoisotopic (exact) mass is 1590 g/mol. The molecular formula is C84H120N10O20. The average Bonchev–Trinajstić information content (AvgIpc) is 1.66. The van der Waals surface area contributed by atoms with Gasteiger partial charge >= 0.3 is 36.2 Å². The molecule has 4 fully saturated rings. The zero-order chi connectivity index (χ0) is 84.3. The number of nitrogens with one attached hydrogen (secondary N) is 5. The normalized spacial score (nSPS) is 18.0. The third-order valence-electron chi connectivity index (χ3n) is 19.9. The molecule has 0 radical (unpaired) electrons. The number of benzene rings is 3. The number of carboxylic acids is 1. The van der Waals surface area contributed by atoms with Crippen LogP contribution in [-0.2, 0) is 95.5 Å². The zero-order valence-corrected chi connectivity index (χ0v) is 69.0. The molecule has 30 nitrogen and oxygen atoms in total. The third kappa shape index (κ3) is 26.4. The van der Waals surface area contributed by atoms with E-state index < -0.39 is 89.1 Å². The van der Waals surface area contributed by atoms with E-state index in [1.165, 1.54) is 27.9 Å². The van der Waals surface area contributed by atoms with Crippen LogP contribution in [-0.4, -0.2) is 198 Å². The van der Waals surface area contributed by atoms with Gasteiger partial charge < -0.3 is 81.1 Å². The van der Waals surface area contributed by atoms with Crippen molar-refractivity contribution < 1.29 is 95.7 Å². The van der Waals surface area contributed by atoms with Gasteiger partial charge in [-0.1, -0.05) is 89.2 Å². The van der Waals surface area contributed by atoms with Gasteiger partial charge in [0.2, 0.25) is 29.5 Å². The average molecular weight is 1590 g/mol. The minimum absolute atomic E-state index is 0.118. The second kappa shape index (κ2) is 40.0. The van der Waals surface area contributed by atoms with E-state index in [1.807, 2.05) is 115 Å². The van der Waals surface area contributed by atoms with Crippen molar-refractivity contribution in [2.75, 3.05) is 67.0 Å². The van der Waals surface area contributed by atoms with Crippen LogP contribution in [0.25, 0.3) is 32.7 Å². The number of para-hydroxylation sites is 3. The van der Waals surface area contributed by atoms with Gasteiger partial charge in [-0.05, 0) is 148 Å². The van der Waals surface area contributed by atoms with Gasteiger partial charge in [-0.25, -0.2) is 19.2 Å². The first kappa shape index (κ1) is 91.4. The van der Waals surface area contributed by atoms with E-state index in [0.717, 1.165) is 47.8 Å². The number of ether oxygens (including phenoxy) is 8. The lowest BCUT2D eigenvalue weighted by molar-refractivity contribution is -0.146. The lowest BCUT2D eigenvalue weighted by Gasteiger charge is -2.42. The lowest BCUT2D eigenvalue weighted by atomic mass is 9.79. The summed E-state index contributed by atoms with van der Waals surface area (Å²) in [6.45, 7) is 30.3. The Morgan fingerprint density at radius 2 is 1.04 bits per heavy atom. The van der Waals surface area contributed by atoms with Crippen LogP contribution in [0.3, 0.4) is 0 Å². The van der Waals surface area contributed by atoms with E-state index in [4.69, 9.17) is 49.7 Å². The molecule has 0 aliphatic carbocycles. The molecule has 3 aromatic carbocycles. The van der Waals surface area contributed by atoms with Gasteiger partial charge in [0, 0.05) is 103 Å². The molecule has 5 atom stereocenters. The van der Waals surface area contributed by atoms with E-state index >= 15 is 0 Å². The molecule has 0 bridgehead atoms. The van der Waals surface area contributed by atoms with Crippen molar-refractivity contribution in [2.24, 2.45) is 39.5 Å². The Balaban J connectivity index is 0.000000228. The number of hydrogen-bond donors (Lipinski definition) is 8. The summed E-state index contributed by atoms with van der Waals surface area (Å²) in [6, 6.07) is 18.1. The summed E-state index contributed by atoms with van der Waals surface area (Å²) in [6.07, 6.45) is 8.41. The Morgan fingerprint density at radius 1 is 0.579 bits per heavy atom. The minimum atomic E-state index is -0.965. The van der Waals surface area contributed by atoms with Crippen molar-refractivity contribution in [1.82, 2.24) is 40.3 Å². The summed E-state index contributed by atoms with van der Waals surface area (Å²) in [5.74, 6) is -2.80. The molecule has 4 aliphatic heterocycles. The maximum atomic E-state index is 13.6. The fraction of sp³-hybridized carbons (Fsp3) is 0.583. The van der Waals surface area contributed by atoms with Crippen molar-refractivity contribution in [3.8, 4) is 0 Å². The number of carbonyl (C=O) groups excluding carboxylic acids is 10. The first-order valence-corrected chi connectivity index (χ1v) is 39.0. The highest BCUT2D eigenvalue weighted by Crippen LogP contribution is 2.37. The van der Waals surface area contributed by atoms with E-state index in [-0.39, 0.29) is 84.3 Å². The van der Waals surface area contributed by atoms with Crippen LogP contribution in [0.15, 0.2) is 91.4 Å². The lowest BCUT2D eigenvalue weighted by Crippen LogP contribution is -2.58. The molecule has 5 amide bonds. The Labute approximate surface area is 667 Å². The Kier molecular flexibility index (Phi) is 32.1. The Hall–Kier alpha value is -9.75. The van der Waals surface area contributed by atoms with Gasteiger partial charge in [0.25, 0.3) is 0 Å². The summed E-state index contributed by atoms with van der Waals surface area (Å²) in [7, 11) is 2.56. The fourth-order valence-electron chi connectivity index (χ4n) is 13.5. The zero-order valence-electron chi connectivity index (χ0n) is 69.0. The standard InChI is InChI=1S/C30H44N4O7.C29H40N4O6.C17H22N2O4.C8H14O3/c1-19(2)13-22(31)26(36)32-16-30(17-40-18-30)12-11-25(35)33-23(27(37)39-6)14-20-15-34(28(38)41-29(3,4)5)24-10-8-7-9-21(20)24;1-18(2)12-21-25(35)30-15-29(16-38-17-29)11-10-24(34)31-22(26(36)32-21)13-19-14-33(27(37)39-28(3,4)5)23-9-7-6-8-20(19)23;1-17(2,3)23-16(21)19-10-11(9-13(18)15(20)22-4)12-7-5-6-8-14(12)19;1-2-8(5-11-6-8)4-3-7(9)10/h7-10,15,19,22-23H,11-14,16-18,31H2,1-6H3,(H,32,36)(H,33,35);6-9,14,18,21-22H,10-13,15-17H2,1-5H3,(H,30,35)(H,31,34)(H,32,36);5-8,10,13H,9,18H2,1-4H3;2-6H2,1H3,(H,9,10)/t22-,23-;21-,22-;13-;/m000./s1. The van der Waals surface area contributed by atoms with Crippen molar-refractivity contribution in [3.05, 3.63) is 108 Å². The maximum Gasteiger partial charge on any atom is 0.419 e. The van der Waals surface area contributed by atoms with E-state index in [1.54, 1.807) is 66.2 Å². The SMILES string of the molecule is CC(C)C[C@@H]1NC(=O)[C@H](Cc2cn(C(=O)OC(C)(C)C)c3ccccc23)NC(=O)CCC2(CNC1=O)COC2.CCC1(CCC(=O)O)COC1.COC(=O)[C@@H](N)Cc1cn(C(=O)OC(C)(C)C)c2ccccc12.COC(=O)[C@H](Cc1cn(C(=O)OC(C)(C)C)c2ccccc12)NC(=O)CCC1(CNC(=O)[C@@H](N)CC(C)C)COC1. The molecule has 10 N–H and O–H groups in total. The van der Waals surface area contributed by atoms with Gasteiger partial charge in [0.15, 0.2) is 0 Å². The van der Waals surface area contributed by atoms with Gasteiger partial charge in [-0.3, -0.25) is 47.3 Å². The number of nitrogens with zero attached hydrogens (tertiary/aromatic N) is 3. The number of aliphatic carboxylic acids is 1. The summed E-state index contributed by atoms with van der Waals surface area (Å²) < 4.78 is 46.4. The van der Waals surface area contributed by atoms with Crippen molar-refractivity contribution >= 4 is 98.4 Å². The summed E-state index contributed by atoms with van der Waals surface area (Å²) >= 11 is 0. The molecule has 7 heterocycles. The van der Waals surface area contributed by atoms with Crippen LogP contribution in [0.2, 0.25) is 0 Å². The smallest absolute Gasteiger partial charge is 0.419 e. The minimum Gasteiger partial charge on any atom is -0.481 e. The molecule has 0 unspecified atom stereocenters. The second-order valence-corrected chi connectivity index (χ2v) is 34.2. The molecule has 4 saturated heterocycles. The number of hydrogen-bond acceptors (Lipinski definition) is 21. The number of amides is 5. The quantitative estimate of drug-likeness (QED) is 0.0218. The number of carboxylic acid groups (broad SMARTS) is 1. The van der Waals surface area contributed by atoms with Gasteiger partial charge in [-0.15, -0.1) is 0 Å². The highest BCUT2D eigenvalue weighted by molar-refractivity contribution is 5.97. The summed E-state index contributed by atoms with van der Waals surface area (Å²) in [4.78, 5) is 138. The molecular weight excluding hydrogens is 1470 g/mol. The van der Waals surface area contributed by atoms with E-state index in [2.05, 4.69) is 38.2 Å². The molecule has 626 valence electrons. The third-order valence-corrected chi connectivity index (χ3v) is 19.9. The molecule has 1 spiro atoms. The predicted octanol–water partition coefficient (Wildman–Crippen LogP) is 9.57. The topological polar surface area (TPSA) is 409 Å². The van der Waals surface area contributed by atoms with Crippen molar-refractivity contribution in [2.45, 2.75) is 221 Å². The molecule has 6 aromatic rings. The molecule has 3 aromatic heterocycles. The number of esters is 2. The predicted molar refractivity (Wildman–Crippen MR) is 428 cm³/mol. The van der Waals surface area contributed by atoms with Crippen LogP contribution < -0.4 is 38.1 Å². The molecule has 10 rings (SSSR count). The highest BCUT2D eigenvalue weighted by Gasteiger charge is 2.43. The second-order valence-electron chi connectivity index (χ2n) is 34.2. The number of fused-ring (bicyclic) bond motifs is 3. The number of carbonyl (C=O) groups is 11. The molecule has 0 saturated carbocycles. The maximum absolute atomic E-state index is 13.6. The van der Waals surface area contributed by atoms with Crippen molar-refractivity contribution in [1.29, 1.82) is 0 Å². The number of rotatable bonds is 23. The molecule has 30 heteroatoms. The van der Waals surface area contributed by atoms with Gasteiger partial charge in [0.1, 0.15) is 41.0 Å². The Morgan fingerprint density at radius 3 is 1.46 bits per heavy atom. The number of nitrogens with two attached hydrogens (primary N) is 2. The Bertz CT molecular complexity index is 4340. The van der Waals surface area contributed by atoms with Crippen LogP contribution in [0.5, 0.6) is 0 Å². The van der Waals surface area contributed by atoms with Gasteiger partial charge in [-0.2, -0.15) is 0 Å². The number of aromatic nitrogens is 3. The molecule has 4 aliphatic rings. The van der Waals surface area contributed by atoms with Crippen molar-refractivity contribution in [3.63, 3.8) is 0 Å². The van der Waals surface area contributed by atoms with E-state index in [0.29, 0.717) is 98.8 Å². The van der Waals surface area contributed by atoms with Gasteiger partial charge in [0.05, 0.1) is 76.5 Å². The molecule has 114 heavy (non-hydrogen) atoms. The number of methoxy groups -OCH3 is 2. The van der Waals surface area contributed by atoms with Crippen LogP contribution in [0.1, 0.15) is 171 Å². The van der Waals surface area contributed by atoms with Crippen LogP contribution >= 0.6 is 0 Å². The summed E-state index contributed by atoms with van der Waals surface area (Å²) in [5, 5.41) is 25.3. The first-order valence-electron chi connectivity index (χ1n) is 39.0. The van der Waals surface area contributed by atoms with E-state index in [9.17, 15) is 52.7 Å². The highest BCUT2D eigenvalue weighted by atomic mass is 16.6. The largest absolute Gasteiger partial charge is 0.481 e. The fourth-order valence-corrected chi connectivity index (χ4v) is 13.5. The first-order chi connectivity index (χ1) is 53.5. The van der Waals surface area contributed by atoms with Crippen LogP contribution in [0, 0.1) is 28.1 Å². The summed E-state index contributed by atoms with van der Waals surface area (Å²) in [5.41, 5.74) is 13.6.